The summed E-state index contributed by atoms with van der Waals surface area (Å²) < 4.78 is 38.4. The largest absolute Gasteiger partial charge is 0.452 e. The molecule has 0 radical (unpaired) electrons. The van der Waals surface area contributed by atoms with Gasteiger partial charge in [0.1, 0.15) is 5.82 Å². The van der Waals surface area contributed by atoms with E-state index in [4.69, 9.17) is 9.47 Å². The van der Waals surface area contributed by atoms with E-state index in [9.17, 15) is 18.0 Å². The third-order valence-corrected chi connectivity index (χ3v) is 6.37. The molecule has 1 saturated heterocycles. The molecular weight excluding hydrogens is 412 g/mol. The van der Waals surface area contributed by atoms with Crippen LogP contribution in [-0.4, -0.2) is 67.3 Å². The number of amides is 1. The van der Waals surface area contributed by atoms with Gasteiger partial charge in [0.25, 0.3) is 5.91 Å². The van der Waals surface area contributed by atoms with Gasteiger partial charge in [0.05, 0.1) is 29.9 Å². The maximum atomic E-state index is 12.6. The molecule has 30 heavy (non-hydrogen) atoms. The number of morpholine rings is 1. The second kappa shape index (κ2) is 9.37. The average Bonchev–Trinajstić information content (AvgIpc) is 3.21. The van der Waals surface area contributed by atoms with Gasteiger partial charge in [-0.1, -0.05) is 0 Å². The molecule has 1 aromatic heterocycles. The highest BCUT2D eigenvalue weighted by Crippen LogP contribution is 2.18. The lowest BCUT2D eigenvalue weighted by atomic mass is 10.2. The van der Waals surface area contributed by atoms with E-state index in [-0.39, 0.29) is 29.6 Å². The van der Waals surface area contributed by atoms with E-state index >= 15 is 0 Å². The van der Waals surface area contributed by atoms with E-state index in [2.05, 4.69) is 10.4 Å². The van der Waals surface area contributed by atoms with Gasteiger partial charge in [0, 0.05) is 25.2 Å². The molecule has 1 N–H and O–H groups in total. The Kier molecular flexibility index (Phi) is 6.85. The fraction of sp³-hybridized carbons (Fsp3) is 0.421. The Hall–Kier alpha value is -2.76. The molecule has 0 saturated carbocycles. The van der Waals surface area contributed by atoms with Crippen LogP contribution in [0.4, 0.5) is 5.82 Å². The van der Waals surface area contributed by atoms with Crippen molar-refractivity contribution in [3.8, 4) is 0 Å². The maximum absolute atomic E-state index is 12.6. The highest BCUT2D eigenvalue weighted by atomic mass is 32.2. The van der Waals surface area contributed by atoms with E-state index in [1.165, 1.54) is 28.6 Å². The van der Waals surface area contributed by atoms with Gasteiger partial charge < -0.3 is 14.8 Å². The van der Waals surface area contributed by atoms with Crippen LogP contribution in [0, 0.1) is 0 Å². The van der Waals surface area contributed by atoms with Crippen molar-refractivity contribution in [3.05, 3.63) is 42.1 Å². The summed E-state index contributed by atoms with van der Waals surface area (Å²) in [5.74, 6) is -0.723. The summed E-state index contributed by atoms with van der Waals surface area (Å²) in [5, 5.41) is 6.74. The van der Waals surface area contributed by atoms with Crippen molar-refractivity contribution in [3.63, 3.8) is 0 Å². The summed E-state index contributed by atoms with van der Waals surface area (Å²) in [5.41, 5.74) is 0.149. The lowest BCUT2D eigenvalue weighted by molar-refractivity contribution is -0.119. The van der Waals surface area contributed by atoms with Gasteiger partial charge in [-0.15, -0.1) is 0 Å². The molecule has 0 unspecified atom stereocenters. The first-order valence-electron chi connectivity index (χ1n) is 9.47. The smallest absolute Gasteiger partial charge is 0.338 e. The number of sulfonamides is 1. The number of carbonyl (C=O) groups excluding carboxylic acids is 2. The first kappa shape index (κ1) is 21.9. The third kappa shape index (κ3) is 5.04. The van der Waals surface area contributed by atoms with Gasteiger partial charge in [-0.25, -0.2) is 17.9 Å². The monoisotopic (exact) mass is 436 g/mol. The summed E-state index contributed by atoms with van der Waals surface area (Å²) in [6.07, 6.45) is 1.56. The SMILES string of the molecule is CC(C)n1nccc1NC(=O)COC(=O)c1ccc(S(=O)(=O)N2CCOCC2)cc1. The van der Waals surface area contributed by atoms with Crippen LogP contribution in [0.1, 0.15) is 30.2 Å². The van der Waals surface area contributed by atoms with Gasteiger partial charge in [0.2, 0.25) is 10.0 Å². The summed E-state index contributed by atoms with van der Waals surface area (Å²) in [6.45, 7) is 4.65. The molecule has 1 aliphatic heterocycles. The van der Waals surface area contributed by atoms with Gasteiger partial charge in [-0.3, -0.25) is 4.79 Å². The van der Waals surface area contributed by atoms with E-state index in [1.54, 1.807) is 16.9 Å². The number of carbonyl (C=O) groups is 2. The van der Waals surface area contributed by atoms with Crippen LogP contribution in [0.25, 0.3) is 0 Å². The van der Waals surface area contributed by atoms with Crippen LogP contribution < -0.4 is 5.32 Å². The number of esters is 1. The van der Waals surface area contributed by atoms with Crippen LogP contribution in [0.3, 0.4) is 0 Å². The Bertz CT molecular complexity index is 994. The minimum absolute atomic E-state index is 0.0603. The van der Waals surface area contributed by atoms with Crippen molar-refractivity contribution in [1.29, 1.82) is 0 Å². The second-order valence-electron chi connectivity index (χ2n) is 6.92. The van der Waals surface area contributed by atoms with Crippen molar-refractivity contribution < 1.29 is 27.5 Å². The van der Waals surface area contributed by atoms with Crippen molar-refractivity contribution in [1.82, 2.24) is 14.1 Å². The molecule has 162 valence electrons. The third-order valence-electron chi connectivity index (χ3n) is 4.46. The molecule has 2 heterocycles. The minimum Gasteiger partial charge on any atom is -0.452 e. The first-order valence-corrected chi connectivity index (χ1v) is 10.9. The Morgan fingerprint density at radius 3 is 2.47 bits per heavy atom. The molecule has 0 atom stereocenters. The van der Waals surface area contributed by atoms with Gasteiger partial charge in [0.15, 0.2) is 6.61 Å². The lowest BCUT2D eigenvalue weighted by Gasteiger charge is -2.26. The molecule has 1 aromatic carbocycles. The molecule has 10 nitrogen and oxygen atoms in total. The number of anilines is 1. The summed E-state index contributed by atoms with van der Waals surface area (Å²) >= 11 is 0. The first-order chi connectivity index (χ1) is 14.3. The topological polar surface area (TPSA) is 120 Å². The lowest BCUT2D eigenvalue weighted by Crippen LogP contribution is -2.40. The molecular formula is C19H24N4O6S. The average molecular weight is 436 g/mol. The van der Waals surface area contributed by atoms with Crippen molar-refractivity contribution in [2.75, 3.05) is 38.2 Å². The van der Waals surface area contributed by atoms with Crippen molar-refractivity contribution >= 4 is 27.7 Å². The van der Waals surface area contributed by atoms with Crippen LogP contribution in [0.5, 0.6) is 0 Å². The molecule has 3 rings (SSSR count). The van der Waals surface area contributed by atoms with Crippen molar-refractivity contribution in [2.24, 2.45) is 0 Å². The zero-order valence-electron chi connectivity index (χ0n) is 16.8. The number of nitrogens with one attached hydrogen (secondary N) is 1. The second-order valence-corrected chi connectivity index (χ2v) is 8.86. The molecule has 0 aliphatic carbocycles. The predicted octanol–water partition coefficient (Wildman–Crippen LogP) is 1.28. The highest BCUT2D eigenvalue weighted by Gasteiger charge is 2.26. The number of hydrogen-bond donors (Lipinski definition) is 1. The number of benzene rings is 1. The number of ether oxygens (including phenoxy) is 2. The Morgan fingerprint density at radius 2 is 1.83 bits per heavy atom. The molecule has 0 bridgehead atoms. The summed E-state index contributed by atoms with van der Waals surface area (Å²) in [4.78, 5) is 24.3. The number of hydrogen-bond acceptors (Lipinski definition) is 7. The summed E-state index contributed by atoms with van der Waals surface area (Å²) in [6, 6.07) is 7.13. The Labute approximate surface area is 174 Å². The number of nitrogens with zero attached hydrogens (tertiary/aromatic N) is 3. The van der Waals surface area contributed by atoms with E-state index in [0.29, 0.717) is 19.0 Å². The van der Waals surface area contributed by atoms with Crippen LogP contribution in [0.2, 0.25) is 0 Å². The zero-order valence-corrected chi connectivity index (χ0v) is 17.6. The van der Waals surface area contributed by atoms with Crippen LogP contribution in [0.15, 0.2) is 41.4 Å². The zero-order chi connectivity index (χ0) is 21.7. The Morgan fingerprint density at radius 1 is 1.17 bits per heavy atom. The normalized spacial score (nSPS) is 15.2. The fourth-order valence-electron chi connectivity index (χ4n) is 2.92. The van der Waals surface area contributed by atoms with Crippen LogP contribution >= 0.6 is 0 Å². The maximum Gasteiger partial charge on any atom is 0.338 e. The quantitative estimate of drug-likeness (QED) is 0.649. The number of rotatable bonds is 7. The molecule has 1 aliphatic rings. The molecule has 1 amide bonds. The molecule has 1 fully saturated rings. The highest BCUT2D eigenvalue weighted by molar-refractivity contribution is 7.89. The van der Waals surface area contributed by atoms with Gasteiger partial charge >= 0.3 is 5.97 Å². The predicted molar refractivity (Wildman–Crippen MR) is 108 cm³/mol. The van der Waals surface area contributed by atoms with Crippen molar-refractivity contribution in [2.45, 2.75) is 24.8 Å². The summed E-state index contributed by atoms with van der Waals surface area (Å²) in [7, 11) is -3.64. The minimum atomic E-state index is -3.64. The van der Waals surface area contributed by atoms with E-state index < -0.39 is 28.5 Å². The van der Waals surface area contributed by atoms with E-state index in [1.807, 2.05) is 13.8 Å². The molecule has 11 heteroatoms. The van der Waals surface area contributed by atoms with Gasteiger partial charge in [-0.05, 0) is 38.1 Å². The standard InChI is InChI=1S/C19H24N4O6S/c1-14(2)23-17(7-8-20-23)21-18(24)13-29-19(25)15-3-5-16(6-4-15)30(26,27)22-9-11-28-12-10-22/h3-8,14H,9-13H2,1-2H3,(H,21,24). The Balaban J connectivity index is 1.57. The van der Waals surface area contributed by atoms with Crippen LogP contribution in [-0.2, 0) is 24.3 Å². The molecule has 2 aromatic rings. The fourth-order valence-corrected chi connectivity index (χ4v) is 4.33. The molecule has 0 spiro atoms. The number of aromatic nitrogens is 2. The van der Waals surface area contributed by atoms with Gasteiger partial charge in [-0.2, -0.15) is 9.40 Å². The van der Waals surface area contributed by atoms with E-state index in [0.717, 1.165) is 0 Å².